The molecule has 1 N–H and O–H groups in total. The Bertz CT molecular complexity index is 816. The Morgan fingerprint density at radius 2 is 1.92 bits per heavy atom. The monoisotopic (exact) mass is 400 g/mol. The SMILES string of the molecule is C[C@@H](OC(=O)c1cc(S(=O)(=O)N2CCCC2)ccc1Cl)C(=O)NC1CC1. The van der Waals surface area contributed by atoms with Gasteiger partial charge in [-0.15, -0.1) is 0 Å². The summed E-state index contributed by atoms with van der Waals surface area (Å²) < 4.78 is 31.8. The molecular formula is C17H21ClN2O5S. The molecule has 142 valence electrons. The van der Waals surface area contributed by atoms with Gasteiger partial charge in [0.15, 0.2) is 6.10 Å². The molecule has 3 rings (SSSR count). The minimum Gasteiger partial charge on any atom is -0.449 e. The topological polar surface area (TPSA) is 92.8 Å². The molecule has 0 aromatic heterocycles. The molecule has 1 aromatic carbocycles. The Hall–Kier alpha value is -1.64. The first kappa shape index (κ1) is 19.1. The summed E-state index contributed by atoms with van der Waals surface area (Å²) >= 11 is 6.05. The summed E-state index contributed by atoms with van der Waals surface area (Å²) in [6.45, 7) is 2.39. The zero-order chi connectivity index (χ0) is 18.9. The third-order valence-corrected chi connectivity index (χ3v) is 6.66. The van der Waals surface area contributed by atoms with Crippen LogP contribution >= 0.6 is 11.6 Å². The van der Waals surface area contributed by atoms with Crippen LogP contribution in [0, 0.1) is 0 Å². The molecule has 1 heterocycles. The van der Waals surface area contributed by atoms with Crippen molar-refractivity contribution in [3.05, 3.63) is 28.8 Å². The lowest BCUT2D eigenvalue weighted by molar-refractivity contribution is -0.129. The number of nitrogens with zero attached hydrogens (tertiary/aromatic N) is 1. The normalized spacial score (nSPS) is 19.2. The number of sulfonamides is 1. The maximum atomic E-state index is 12.6. The number of hydrogen-bond donors (Lipinski definition) is 1. The van der Waals surface area contributed by atoms with Crippen molar-refractivity contribution in [3.8, 4) is 0 Å². The molecule has 1 aliphatic carbocycles. The van der Waals surface area contributed by atoms with E-state index in [0.29, 0.717) is 13.1 Å². The van der Waals surface area contributed by atoms with Gasteiger partial charge in [-0.1, -0.05) is 11.6 Å². The molecule has 1 saturated carbocycles. The van der Waals surface area contributed by atoms with E-state index in [1.54, 1.807) is 0 Å². The molecule has 0 radical (unpaired) electrons. The predicted octanol–water partition coefficient (Wildman–Crippen LogP) is 1.95. The van der Waals surface area contributed by atoms with Crippen LogP contribution in [-0.2, 0) is 19.6 Å². The van der Waals surface area contributed by atoms with Crippen LogP contribution in [0.1, 0.15) is 43.0 Å². The summed E-state index contributed by atoms with van der Waals surface area (Å²) in [5.41, 5.74) is -0.0713. The summed E-state index contributed by atoms with van der Waals surface area (Å²) in [5.74, 6) is -1.20. The smallest absolute Gasteiger partial charge is 0.340 e. The van der Waals surface area contributed by atoms with Gasteiger partial charge >= 0.3 is 5.97 Å². The van der Waals surface area contributed by atoms with E-state index >= 15 is 0 Å². The molecule has 1 amide bonds. The number of halogens is 1. The Morgan fingerprint density at radius 3 is 2.54 bits per heavy atom. The van der Waals surface area contributed by atoms with Crippen LogP contribution in [-0.4, -0.2) is 49.8 Å². The zero-order valence-corrected chi connectivity index (χ0v) is 16.0. The minimum absolute atomic E-state index is 0.00849. The van der Waals surface area contributed by atoms with Crippen molar-refractivity contribution in [3.63, 3.8) is 0 Å². The lowest BCUT2D eigenvalue weighted by Crippen LogP contribution is -2.37. The van der Waals surface area contributed by atoms with E-state index in [-0.39, 0.29) is 27.4 Å². The second-order valence-corrected chi connectivity index (χ2v) is 8.93. The fraction of sp³-hybridized carbons (Fsp3) is 0.529. The van der Waals surface area contributed by atoms with Gasteiger partial charge in [0.1, 0.15) is 0 Å². The Balaban J connectivity index is 1.76. The van der Waals surface area contributed by atoms with Crippen molar-refractivity contribution < 1.29 is 22.7 Å². The van der Waals surface area contributed by atoms with Crippen molar-refractivity contribution in [1.29, 1.82) is 0 Å². The number of carbonyl (C=O) groups is 2. The van der Waals surface area contributed by atoms with Gasteiger partial charge in [0.25, 0.3) is 5.91 Å². The van der Waals surface area contributed by atoms with Crippen LogP contribution in [0.3, 0.4) is 0 Å². The number of carbonyl (C=O) groups excluding carboxylic acids is 2. The molecular weight excluding hydrogens is 380 g/mol. The Kier molecular flexibility index (Phi) is 5.55. The summed E-state index contributed by atoms with van der Waals surface area (Å²) in [5, 5.41) is 2.82. The molecule has 1 aliphatic heterocycles. The number of nitrogens with one attached hydrogen (secondary N) is 1. The van der Waals surface area contributed by atoms with Gasteiger partial charge in [-0.05, 0) is 50.8 Å². The van der Waals surface area contributed by atoms with E-state index in [2.05, 4.69) is 5.32 Å². The van der Waals surface area contributed by atoms with Crippen LogP contribution in [0.5, 0.6) is 0 Å². The van der Waals surface area contributed by atoms with Gasteiger partial charge in [-0.25, -0.2) is 13.2 Å². The van der Waals surface area contributed by atoms with Gasteiger partial charge in [0.05, 0.1) is 15.5 Å². The zero-order valence-electron chi connectivity index (χ0n) is 14.4. The molecule has 0 unspecified atom stereocenters. The number of benzene rings is 1. The second-order valence-electron chi connectivity index (χ2n) is 6.58. The van der Waals surface area contributed by atoms with Crippen molar-refractivity contribution in [1.82, 2.24) is 9.62 Å². The number of amides is 1. The highest BCUT2D eigenvalue weighted by Crippen LogP contribution is 2.26. The van der Waals surface area contributed by atoms with E-state index in [0.717, 1.165) is 25.7 Å². The maximum Gasteiger partial charge on any atom is 0.340 e. The molecule has 26 heavy (non-hydrogen) atoms. The van der Waals surface area contributed by atoms with Gasteiger partial charge in [0.2, 0.25) is 10.0 Å². The van der Waals surface area contributed by atoms with E-state index in [1.165, 1.54) is 29.4 Å². The van der Waals surface area contributed by atoms with E-state index in [1.807, 2.05) is 0 Å². The molecule has 0 spiro atoms. The second kappa shape index (κ2) is 7.54. The minimum atomic E-state index is -3.68. The van der Waals surface area contributed by atoms with E-state index in [9.17, 15) is 18.0 Å². The first-order chi connectivity index (χ1) is 12.3. The number of rotatable bonds is 6. The standard InChI is InChI=1S/C17H21ClN2O5S/c1-11(16(21)19-12-4-5-12)25-17(22)14-10-13(6-7-15(14)18)26(23,24)20-8-2-3-9-20/h6-7,10-12H,2-5,8-9H2,1H3,(H,19,21)/t11-/m1/s1. The molecule has 7 nitrogen and oxygen atoms in total. The highest BCUT2D eigenvalue weighted by Gasteiger charge is 2.30. The lowest BCUT2D eigenvalue weighted by atomic mass is 10.2. The third kappa shape index (κ3) is 4.19. The quantitative estimate of drug-likeness (QED) is 0.737. The van der Waals surface area contributed by atoms with Crippen LogP contribution in [0.25, 0.3) is 0 Å². The van der Waals surface area contributed by atoms with Gasteiger partial charge in [-0.2, -0.15) is 4.31 Å². The molecule has 1 atom stereocenters. The maximum absolute atomic E-state index is 12.6. The third-order valence-electron chi connectivity index (χ3n) is 4.44. The Labute approximate surface area is 157 Å². The summed E-state index contributed by atoms with van der Waals surface area (Å²) in [4.78, 5) is 24.3. The highest BCUT2D eigenvalue weighted by molar-refractivity contribution is 7.89. The van der Waals surface area contributed by atoms with Crippen LogP contribution < -0.4 is 5.32 Å². The van der Waals surface area contributed by atoms with E-state index < -0.39 is 22.1 Å². The number of ether oxygens (including phenoxy) is 1. The van der Waals surface area contributed by atoms with Crippen molar-refractivity contribution in [2.24, 2.45) is 0 Å². The van der Waals surface area contributed by atoms with Gasteiger partial charge in [-0.3, -0.25) is 4.79 Å². The molecule has 1 saturated heterocycles. The average molecular weight is 401 g/mol. The highest BCUT2D eigenvalue weighted by atomic mass is 35.5. The fourth-order valence-corrected chi connectivity index (χ4v) is 4.46. The van der Waals surface area contributed by atoms with Gasteiger partial charge in [0, 0.05) is 19.1 Å². The van der Waals surface area contributed by atoms with Crippen LogP contribution in [0.2, 0.25) is 5.02 Å². The van der Waals surface area contributed by atoms with Crippen molar-refractivity contribution >= 4 is 33.5 Å². The molecule has 0 bridgehead atoms. The van der Waals surface area contributed by atoms with Crippen molar-refractivity contribution in [2.75, 3.05) is 13.1 Å². The molecule has 2 fully saturated rings. The Morgan fingerprint density at radius 1 is 1.27 bits per heavy atom. The van der Waals surface area contributed by atoms with Gasteiger partial charge < -0.3 is 10.1 Å². The first-order valence-electron chi connectivity index (χ1n) is 8.60. The molecule has 2 aliphatic rings. The lowest BCUT2D eigenvalue weighted by Gasteiger charge is -2.17. The predicted molar refractivity (Wildman–Crippen MR) is 95.5 cm³/mol. The van der Waals surface area contributed by atoms with E-state index in [4.69, 9.17) is 16.3 Å². The number of hydrogen-bond acceptors (Lipinski definition) is 5. The molecule has 9 heteroatoms. The molecule has 1 aromatic rings. The summed E-state index contributed by atoms with van der Waals surface area (Å²) in [6.07, 6.45) is 2.49. The first-order valence-corrected chi connectivity index (χ1v) is 10.4. The average Bonchev–Trinajstić information content (AvgIpc) is 3.23. The van der Waals surface area contributed by atoms with Crippen molar-refractivity contribution in [2.45, 2.75) is 49.6 Å². The summed E-state index contributed by atoms with van der Waals surface area (Å²) in [7, 11) is -3.68. The summed E-state index contributed by atoms with van der Waals surface area (Å²) in [6, 6.07) is 4.09. The number of esters is 1. The fourth-order valence-electron chi connectivity index (χ4n) is 2.72. The largest absolute Gasteiger partial charge is 0.449 e. The van der Waals surface area contributed by atoms with Crippen LogP contribution in [0.4, 0.5) is 0 Å². The van der Waals surface area contributed by atoms with Crippen LogP contribution in [0.15, 0.2) is 23.1 Å².